The summed E-state index contributed by atoms with van der Waals surface area (Å²) in [4.78, 5) is 33.7. The van der Waals surface area contributed by atoms with E-state index in [9.17, 15) is 14.4 Å². The Labute approximate surface area is 130 Å². The summed E-state index contributed by atoms with van der Waals surface area (Å²) in [6.45, 7) is 1.82. The van der Waals surface area contributed by atoms with Crippen molar-refractivity contribution in [2.75, 3.05) is 0 Å². The van der Waals surface area contributed by atoms with Crippen molar-refractivity contribution in [3.05, 3.63) is 33.8 Å². The number of carbonyl (C=O) groups is 3. The van der Waals surface area contributed by atoms with Crippen LogP contribution in [-0.4, -0.2) is 34.1 Å². The lowest BCUT2D eigenvalue weighted by atomic mass is 10.1. The van der Waals surface area contributed by atoms with E-state index in [-0.39, 0.29) is 19.3 Å². The van der Waals surface area contributed by atoms with Crippen LogP contribution in [0.2, 0.25) is 0 Å². The highest BCUT2D eigenvalue weighted by Gasteiger charge is 2.22. The SMILES string of the molecule is Cc1cccc(C(=O)N[C@H](CCCC(=O)O)C(=O)O)c1Br. The minimum Gasteiger partial charge on any atom is -0.481 e. The van der Waals surface area contributed by atoms with Crippen LogP contribution in [0.4, 0.5) is 0 Å². The minimum atomic E-state index is -1.18. The van der Waals surface area contributed by atoms with Crippen LogP contribution in [0, 0.1) is 6.92 Å². The van der Waals surface area contributed by atoms with Gasteiger partial charge in [0, 0.05) is 10.9 Å². The van der Waals surface area contributed by atoms with E-state index in [0.717, 1.165) is 5.56 Å². The van der Waals surface area contributed by atoms with Crippen molar-refractivity contribution in [3.8, 4) is 0 Å². The zero-order chi connectivity index (χ0) is 16.0. The van der Waals surface area contributed by atoms with E-state index >= 15 is 0 Å². The standard InChI is InChI=1S/C14H16BrNO5/c1-8-4-2-5-9(12(8)15)13(19)16-10(14(20)21)6-3-7-11(17)18/h2,4-5,10H,3,6-7H2,1H3,(H,16,19)(H,17,18)(H,20,21)/t10-/m1/s1. The second kappa shape index (κ2) is 7.78. The number of hydrogen-bond donors (Lipinski definition) is 3. The predicted octanol–water partition coefficient (Wildman–Crippen LogP) is 2.20. The van der Waals surface area contributed by atoms with E-state index in [0.29, 0.717) is 10.0 Å². The molecule has 0 saturated carbocycles. The Morgan fingerprint density at radius 2 is 1.95 bits per heavy atom. The Bertz CT molecular complexity index is 558. The maximum Gasteiger partial charge on any atom is 0.326 e. The second-order valence-electron chi connectivity index (χ2n) is 4.59. The van der Waals surface area contributed by atoms with Crippen LogP contribution in [0.1, 0.15) is 35.2 Å². The zero-order valence-electron chi connectivity index (χ0n) is 11.4. The molecule has 1 aromatic carbocycles. The molecule has 7 heteroatoms. The molecule has 0 aliphatic carbocycles. The Kier molecular flexibility index (Phi) is 6.36. The average molecular weight is 358 g/mol. The Hall–Kier alpha value is -1.89. The summed E-state index contributed by atoms with van der Waals surface area (Å²) in [7, 11) is 0. The van der Waals surface area contributed by atoms with E-state index in [1.54, 1.807) is 12.1 Å². The summed E-state index contributed by atoms with van der Waals surface area (Å²) in [5, 5.41) is 20.0. The third-order valence-electron chi connectivity index (χ3n) is 2.92. The van der Waals surface area contributed by atoms with E-state index in [4.69, 9.17) is 10.2 Å². The first-order valence-electron chi connectivity index (χ1n) is 6.33. The number of carboxylic acids is 2. The molecule has 1 rings (SSSR count). The first-order chi connectivity index (χ1) is 9.82. The summed E-state index contributed by atoms with van der Waals surface area (Å²) in [6.07, 6.45) is 0.117. The molecule has 1 atom stereocenters. The molecule has 6 nitrogen and oxygen atoms in total. The lowest BCUT2D eigenvalue weighted by Crippen LogP contribution is -2.41. The highest BCUT2D eigenvalue weighted by Crippen LogP contribution is 2.21. The predicted molar refractivity (Wildman–Crippen MR) is 79.3 cm³/mol. The van der Waals surface area contributed by atoms with Gasteiger partial charge in [0.1, 0.15) is 6.04 Å². The summed E-state index contributed by atoms with van der Waals surface area (Å²) >= 11 is 3.29. The van der Waals surface area contributed by atoms with Gasteiger partial charge in [-0.15, -0.1) is 0 Å². The van der Waals surface area contributed by atoms with Crippen LogP contribution in [0.5, 0.6) is 0 Å². The normalized spacial score (nSPS) is 11.7. The van der Waals surface area contributed by atoms with Crippen molar-refractivity contribution in [1.82, 2.24) is 5.32 Å². The molecular formula is C14H16BrNO5. The molecule has 3 N–H and O–H groups in total. The van der Waals surface area contributed by atoms with Gasteiger partial charge in [-0.2, -0.15) is 0 Å². The monoisotopic (exact) mass is 357 g/mol. The third kappa shape index (κ3) is 5.18. The van der Waals surface area contributed by atoms with Gasteiger partial charge in [0.15, 0.2) is 0 Å². The third-order valence-corrected chi connectivity index (χ3v) is 3.98. The fourth-order valence-corrected chi connectivity index (χ4v) is 2.22. The number of carboxylic acid groups (broad SMARTS) is 2. The molecule has 0 aliphatic rings. The Balaban J connectivity index is 2.74. The van der Waals surface area contributed by atoms with Crippen molar-refractivity contribution < 1.29 is 24.6 Å². The van der Waals surface area contributed by atoms with Crippen molar-refractivity contribution in [3.63, 3.8) is 0 Å². The van der Waals surface area contributed by atoms with E-state index in [1.807, 2.05) is 13.0 Å². The van der Waals surface area contributed by atoms with Crippen LogP contribution in [-0.2, 0) is 9.59 Å². The number of aliphatic carboxylic acids is 2. The molecule has 0 fully saturated rings. The minimum absolute atomic E-state index is 0.0663. The molecule has 0 saturated heterocycles. The van der Waals surface area contributed by atoms with Gasteiger partial charge >= 0.3 is 11.9 Å². The lowest BCUT2D eigenvalue weighted by Gasteiger charge is -2.15. The Morgan fingerprint density at radius 3 is 2.52 bits per heavy atom. The van der Waals surface area contributed by atoms with Crippen molar-refractivity contribution in [1.29, 1.82) is 0 Å². The van der Waals surface area contributed by atoms with Crippen LogP contribution >= 0.6 is 15.9 Å². The number of rotatable bonds is 7. The number of benzene rings is 1. The highest BCUT2D eigenvalue weighted by molar-refractivity contribution is 9.10. The first kappa shape index (κ1) is 17.2. The Morgan fingerprint density at radius 1 is 1.29 bits per heavy atom. The summed E-state index contributed by atoms with van der Waals surface area (Å²) < 4.78 is 0.608. The molecule has 1 aromatic rings. The van der Waals surface area contributed by atoms with Crippen LogP contribution < -0.4 is 5.32 Å². The summed E-state index contributed by atoms with van der Waals surface area (Å²) in [5.41, 5.74) is 1.21. The van der Waals surface area contributed by atoms with Crippen molar-refractivity contribution >= 4 is 33.8 Å². The largest absolute Gasteiger partial charge is 0.481 e. The first-order valence-corrected chi connectivity index (χ1v) is 7.12. The van der Waals surface area contributed by atoms with Crippen LogP contribution in [0.25, 0.3) is 0 Å². The van der Waals surface area contributed by atoms with E-state index in [2.05, 4.69) is 21.2 Å². The summed E-state index contributed by atoms with van der Waals surface area (Å²) in [5.74, 6) is -2.68. The van der Waals surface area contributed by atoms with Crippen LogP contribution in [0.15, 0.2) is 22.7 Å². The molecule has 0 bridgehead atoms. The molecule has 0 radical (unpaired) electrons. The number of carbonyl (C=O) groups excluding carboxylic acids is 1. The quantitative estimate of drug-likeness (QED) is 0.693. The second-order valence-corrected chi connectivity index (χ2v) is 5.38. The maximum atomic E-state index is 12.1. The molecule has 0 spiro atoms. The number of aryl methyl sites for hydroxylation is 1. The number of amides is 1. The highest BCUT2D eigenvalue weighted by atomic mass is 79.9. The maximum absolute atomic E-state index is 12.1. The fraction of sp³-hybridized carbons (Fsp3) is 0.357. The van der Waals surface area contributed by atoms with Gasteiger partial charge in [0.2, 0.25) is 0 Å². The smallest absolute Gasteiger partial charge is 0.326 e. The van der Waals surface area contributed by atoms with E-state index in [1.165, 1.54) is 0 Å². The van der Waals surface area contributed by atoms with Gasteiger partial charge in [-0.3, -0.25) is 9.59 Å². The molecule has 1 amide bonds. The fourth-order valence-electron chi connectivity index (χ4n) is 1.77. The van der Waals surface area contributed by atoms with Gasteiger partial charge in [0.05, 0.1) is 5.56 Å². The molecule has 0 unspecified atom stereocenters. The van der Waals surface area contributed by atoms with Crippen LogP contribution in [0.3, 0.4) is 0 Å². The number of hydrogen-bond acceptors (Lipinski definition) is 3. The average Bonchev–Trinajstić information content (AvgIpc) is 2.40. The van der Waals surface area contributed by atoms with Gasteiger partial charge in [-0.1, -0.05) is 12.1 Å². The van der Waals surface area contributed by atoms with Gasteiger partial charge in [0.25, 0.3) is 5.91 Å². The van der Waals surface area contributed by atoms with Gasteiger partial charge in [-0.05, 0) is 47.3 Å². The number of halogens is 1. The molecule has 0 aromatic heterocycles. The zero-order valence-corrected chi connectivity index (χ0v) is 13.0. The number of nitrogens with one attached hydrogen (secondary N) is 1. The van der Waals surface area contributed by atoms with Crippen molar-refractivity contribution in [2.45, 2.75) is 32.2 Å². The van der Waals surface area contributed by atoms with Crippen molar-refractivity contribution in [2.24, 2.45) is 0 Å². The molecule has 21 heavy (non-hydrogen) atoms. The summed E-state index contributed by atoms with van der Waals surface area (Å²) in [6, 6.07) is 4.00. The van der Waals surface area contributed by atoms with Gasteiger partial charge in [-0.25, -0.2) is 4.79 Å². The lowest BCUT2D eigenvalue weighted by molar-refractivity contribution is -0.140. The van der Waals surface area contributed by atoms with Gasteiger partial charge < -0.3 is 15.5 Å². The molecule has 114 valence electrons. The van der Waals surface area contributed by atoms with E-state index < -0.39 is 23.9 Å². The molecule has 0 aliphatic heterocycles. The molecular weight excluding hydrogens is 342 g/mol. The topological polar surface area (TPSA) is 104 Å². The molecule has 0 heterocycles.